The summed E-state index contributed by atoms with van der Waals surface area (Å²) in [5.41, 5.74) is 8.78. The number of H-pyrrole nitrogens is 1. The van der Waals surface area contributed by atoms with Crippen LogP contribution in [0.5, 0.6) is 0 Å². The molecule has 1 amide bonds. The first-order valence-corrected chi connectivity index (χ1v) is 12.1. The van der Waals surface area contributed by atoms with E-state index in [0.29, 0.717) is 28.4 Å². The van der Waals surface area contributed by atoms with E-state index in [-0.39, 0.29) is 11.8 Å². The first-order chi connectivity index (χ1) is 16.4. The Bertz CT molecular complexity index is 1240. The number of nitrogens with one attached hydrogen (secondary N) is 1. The maximum atomic E-state index is 11.0. The first kappa shape index (κ1) is 22.8. The van der Waals surface area contributed by atoms with Crippen molar-refractivity contribution in [2.24, 2.45) is 29.4 Å². The van der Waals surface area contributed by atoms with Gasteiger partial charge in [-0.3, -0.25) is 4.79 Å². The van der Waals surface area contributed by atoms with Crippen LogP contribution in [0.3, 0.4) is 0 Å². The van der Waals surface area contributed by atoms with E-state index >= 15 is 0 Å². The number of halogens is 1. The van der Waals surface area contributed by atoms with Crippen LogP contribution in [0.1, 0.15) is 18.9 Å². The normalized spacial score (nSPS) is 25.4. The van der Waals surface area contributed by atoms with Crippen molar-refractivity contribution in [3.8, 4) is 11.4 Å². The summed E-state index contributed by atoms with van der Waals surface area (Å²) in [5.74, 6) is 3.26. The number of hydrogen-bond donors (Lipinski definition) is 2. The van der Waals surface area contributed by atoms with Crippen LogP contribution in [-0.4, -0.2) is 52.1 Å². The predicted molar refractivity (Wildman–Crippen MR) is 132 cm³/mol. The Morgan fingerprint density at radius 1 is 1.24 bits per heavy atom. The summed E-state index contributed by atoms with van der Waals surface area (Å²) >= 11 is 6.13. The number of primary amides is 1. The van der Waals surface area contributed by atoms with Crippen molar-refractivity contribution in [3.05, 3.63) is 47.3 Å². The number of fused-ring (bicyclic) bond motifs is 3. The Labute approximate surface area is 203 Å². The molecular weight excluding hydrogens is 452 g/mol. The molecule has 2 bridgehead atoms. The van der Waals surface area contributed by atoms with Gasteiger partial charge in [-0.25, -0.2) is 15.0 Å². The number of allylic oxidation sites excluding steroid dienone is 2. The molecule has 0 aromatic carbocycles. The highest BCUT2D eigenvalue weighted by Crippen LogP contribution is 2.47. The molecule has 1 saturated carbocycles. The maximum absolute atomic E-state index is 11.0. The third-order valence-electron chi connectivity index (χ3n) is 7.25. The summed E-state index contributed by atoms with van der Waals surface area (Å²) < 4.78 is 5.39. The predicted octanol–water partition coefficient (Wildman–Crippen LogP) is 3.75. The second-order valence-electron chi connectivity index (χ2n) is 9.25. The van der Waals surface area contributed by atoms with Crippen molar-refractivity contribution < 1.29 is 9.53 Å². The molecule has 0 radical (unpaired) electrons. The molecule has 3 N–H and O–H groups in total. The van der Waals surface area contributed by atoms with Crippen LogP contribution >= 0.6 is 11.6 Å². The van der Waals surface area contributed by atoms with Gasteiger partial charge in [0.05, 0.1) is 23.8 Å². The van der Waals surface area contributed by atoms with Gasteiger partial charge in [0, 0.05) is 37.0 Å². The lowest BCUT2D eigenvalue weighted by molar-refractivity contribution is -0.123. The van der Waals surface area contributed by atoms with Crippen LogP contribution in [0.25, 0.3) is 22.6 Å². The fourth-order valence-electron chi connectivity index (χ4n) is 5.26. The molecule has 8 nitrogen and oxygen atoms in total. The van der Waals surface area contributed by atoms with Crippen molar-refractivity contribution in [2.75, 3.05) is 31.2 Å². The van der Waals surface area contributed by atoms with Gasteiger partial charge in [0.1, 0.15) is 11.6 Å². The van der Waals surface area contributed by atoms with Gasteiger partial charge in [0.15, 0.2) is 5.65 Å². The fraction of sp³-hybridized carbons (Fsp3) is 0.440. The Hall–Kier alpha value is -2.97. The van der Waals surface area contributed by atoms with Crippen molar-refractivity contribution in [1.29, 1.82) is 0 Å². The van der Waals surface area contributed by atoms with E-state index in [1.54, 1.807) is 12.4 Å². The average molecular weight is 481 g/mol. The van der Waals surface area contributed by atoms with Crippen molar-refractivity contribution in [3.63, 3.8) is 0 Å². The van der Waals surface area contributed by atoms with E-state index in [1.807, 2.05) is 19.1 Å². The number of hydrogen-bond acceptors (Lipinski definition) is 6. The number of carbonyl (C=O) groups is 1. The number of morpholine rings is 1. The lowest BCUT2D eigenvalue weighted by Crippen LogP contribution is -2.36. The monoisotopic (exact) mass is 480 g/mol. The lowest BCUT2D eigenvalue weighted by Gasteiger charge is -2.27. The second-order valence-corrected chi connectivity index (χ2v) is 9.66. The summed E-state index contributed by atoms with van der Waals surface area (Å²) in [6, 6.07) is 3.98. The molecule has 3 aromatic heterocycles. The highest BCUT2D eigenvalue weighted by Gasteiger charge is 2.44. The number of carbonyl (C=O) groups excluding carboxylic acids is 1. The number of ether oxygens (including phenoxy) is 1. The number of aryl methyl sites for hydroxylation is 1. The van der Waals surface area contributed by atoms with Crippen LogP contribution in [0, 0.1) is 30.6 Å². The van der Waals surface area contributed by atoms with Gasteiger partial charge in [-0.15, -0.1) is 0 Å². The van der Waals surface area contributed by atoms with E-state index in [1.165, 1.54) is 0 Å². The molecule has 178 valence electrons. The number of aromatic nitrogens is 4. The van der Waals surface area contributed by atoms with Crippen LogP contribution < -0.4 is 10.6 Å². The number of nitrogens with zero attached hydrogens (tertiary/aromatic N) is 4. The smallest absolute Gasteiger partial charge is 0.221 e. The fourth-order valence-corrected chi connectivity index (χ4v) is 5.40. The summed E-state index contributed by atoms with van der Waals surface area (Å²) in [6.45, 7) is 7.26. The number of imidazole rings is 1. The Morgan fingerprint density at radius 3 is 2.68 bits per heavy atom. The molecule has 9 heteroatoms. The molecule has 4 heterocycles. The Kier molecular flexibility index (Phi) is 6.27. The third-order valence-corrected chi connectivity index (χ3v) is 7.63. The highest BCUT2D eigenvalue weighted by atomic mass is 35.5. The standard InChI is InChI=1S/C16H16ClN5O.C9H13NO/c1-10-12(17)9-19-16-14(10)20-15(21-16)11-2-3-18-13(8-11)22-4-6-23-7-5-22;1-5-6-2-3-7(4-6)8(5)9(10)11/h2-3,8-9H,4-7H2,1H3,(H,19,20,21);2-3,5-8H,4H2,1H3,(H2,10,11). The molecule has 1 aliphatic heterocycles. The van der Waals surface area contributed by atoms with Gasteiger partial charge in [-0.1, -0.05) is 30.7 Å². The van der Waals surface area contributed by atoms with E-state index < -0.39 is 0 Å². The number of pyridine rings is 2. The molecule has 3 aromatic rings. The van der Waals surface area contributed by atoms with E-state index in [0.717, 1.165) is 61.0 Å². The summed E-state index contributed by atoms with van der Waals surface area (Å²) in [5, 5.41) is 0.636. The molecule has 4 unspecified atom stereocenters. The largest absolute Gasteiger partial charge is 0.378 e. The van der Waals surface area contributed by atoms with E-state index in [4.69, 9.17) is 22.1 Å². The number of anilines is 1. The lowest BCUT2D eigenvalue weighted by atomic mass is 9.84. The zero-order valence-corrected chi connectivity index (χ0v) is 20.1. The van der Waals surface area contributed by atoms with Crippen LogP contribution in [-0.2, 0) is 9.53 Å². The van der Waals surface area contributed by atoms with Crippen LogP contribution in [0.4, 0.5) is 5.82 Å². The minimum atomic E-state index is -0.116. The maximum Gasteiger partial charge on any atom is 0.221 e. The highest BCUT2D eigenvalue weighted by molar-refractivity contribution is 6.31. The van der Waals surface area contributed by atoms with Crippen LogP contribution in [0.15, 0.2) is 36.7 Å². The SMILES string of the molecule is CC1C2C=CC(C2)C1C(N)=O.Cc1c(Cl)cnc2nc(-c3ccnc(N4CCOCC4)c3)[nH]c12. The van der Waals surface area contributed by atoms with E-state index in [9.17, 15) is 4.79 Å². The second kappa shape index (κ2) is 9.35. The summed E-state index contributed by atoms with van der Waals surface area (Å²) in [4.78, 5) is 29.9. The zero-order chi connectivity index (χ0) is 23.8. The third kappa shape index (κ3) is 4.28. The van der Waals surface area contributed by atoms with Gasteiger partial charge in [0.2, 0.25) is 5.91 Å². The van der Waals surface area contributed by atoms with Crippen molar-refractivity contribution in [2.45, 2.75) is 20.3 Å². The minimum absolute atomic E-state index is 0.116. The van der Waals surface area contributed by atoms with E-state index in [2.05, 4.69) is 43.9 Å². The number of amides is 1. The van der Waals surface area contributed by atoms with Crippen LogP contribution in [0.2, 0.25) is 5.02 Å². The minimum Gasteiger partial charge on any atom is -0.378 e. The molecule has 0 spiro atoms. The summed E-state index contributed by atoms with van der Waals surface area (Å²) in [7, 11) is 0. The first-order valence-electron chi connectivity index (χ1n) is 11.7. The number of nitrogens with two attached hydrogens (primary N) is 1. The zero-order valence-electron chi connectivity index (χ0n) is 19.4. The van der Waals surface area contributed by atoms with Crippen molar-refractivity contribution >= 4 is 34.5 Å². The molecule has 2 aliphatic carbocycles. The topological polar surface area (TPSA) is 110 Å². The Morgan fingerprint density at radius 2 is 2.00 bits per heavy atom. The number of aromatic amines is 1. The van der Waals surface area contributed by atoms with Crippen molar-refractivity contribution in [1.82, 2.24) is 19.9 Å². The molecule has 1 saturated heterocycles. The molecule has 2 fully saturated rings. The van der Waals surface area contributed by atoms with Gasteiger partial charge in [0.25, 0.3) is 0 Å². The number of rotatable bonds is 3. The van der Waals surface area contributed by atoms with Gasteiger partial charge in [-0.05, 0) is 48.8 Å². The summed E-state index contributed by atoms with van der Waals surface area (Å²) in [6.07, 6.45) is 8.97. The van der Waals surface area contributed by atoms with Gasteiger partial charge >= 0.3 is 0 Å². The molecule has 6 rings (SSSR count). The Balaban J connectivity index is 0.000000183. The quantitative estimate of drug-likeness (QED) is 0.552. The average Bonchev–Trinajstić information content (AvgIpc) is 3.57. The molecular formula is C25H29ClN6O2. The van der Waals surface area contributed by atoms with Gasteiger partial charge in [-0.2, -0.15) is 0 Å². The van der Waals surface area contributed by atoms with Gasteiger partial charge < -0.3 is 20.4 Å². The molecule has 3 aliphatic rings. The molecule has 4 atom stereocenters. The molecule has 34 heavy (non-hydrogen) atoms.